The van der Waals surface area contributed by atoms with Crippen molar-refractivity contribution in [2.45, 2.75) is 235 Å². The summed E-state index contributed by atoms with van der Waals surface area (Å²) in [6, 6.07) is 0. The Kier molecular flexibility index (Phi) is 39.4. The van der Waals surface area contributed by atoms with Gasteiger partial charge < -0.3 is 64.2 Å². The molecule has 2 aliphatic rings. The predicted octanol–water partition coefficient (Wildman–Crippen LogP) is 8.85. The maximum absolute atomic E-state index is 13.1. The Hall–Kier alpha value is -2.83. The Labute approximate surface area is 427 Å². The zero-order valence-corrected chi connectivity index (χ0v) is 43.4. The molecule has 408 valence electrons. The third-order valence-corrected chi connectivity index (χ3v) is 12.4. The molecular weight excluding hydrogens is 909 g/mol. The summed E-state index contributed by atoms with van der Waals surface area (Å²) in [5.74, 6) is -0.393. The van der Waals surface area contributed by atoms with Gasteiger partial charge in [-0.1, -0.05) is 163 Å². The molecule has 0 bridgehead atoms. The minimum atomic E-state index is -1.72. The fraction of sp³-hybridized carbons (Fsp3) is 0.737. The fourth-order valence-electron chi connectivity index (χ4n) is 8.05. The topological polar surface area (TPSA) is 214 Å². The normalized spacial score (nSPS) is 26.0. The molecular formula is C57H96O14. The van der Waals surface area contributed by atoms with E-state index in [0.717, 1.165) is 103 Å². The smallest absolute Gasteiger partial charge is 0.306 e. The number of carbonyl (C=O) groups is 1. The van der Waals surface area contributed by atoms with Crippen molar-refractivity contribution in [3.05, 3.63) is 85.1 Å². The van der Waals surface area contributed by atoms with Crippen LogP contribution in [0.15, 0.2) is 85.1 Å². The van der Waals surface area contributed by atoms with Gasteiger partial charge in [0, 0.05) is 13.0 Å². The van der Waals surface area contributed by atoms with E-state index in [-0.39, 0.29) is 19.6 Å². The first kappa shape index (κ1) is 64.3. The molecule has 2 aliphatic heterocycles. The van der Waals surface area contributed by atoms with Gasteiger partial charge in [-0.25, -0.2) is 0 Å². The van der Waals surface area contributed by atoms with E-state index in [0.29, 0.717) is 13.0 Å². The van der Waals surface area contributed by atoms with Crippen LogP contribution in [0, 0.1) is 0 Å². The number of aliphatic hydroxyl groups excluding tert-OH is 7. The lowest BCUT2D eigenvalue weighted by atomic mass is 9.98. The monoisotopic (exact) mass is 1000 g/mol. The Balaban J connectivity index is 1.75. The molecule has 0 aromatic carbocycles. The maximum Gasteiger partial charge on any atom is 0.306 e. The van der Waals surface area contributed by atoms with Crippen molar-refractivity contribution < 1.29 is 69.0 Å². The van der Waals surface area contributed by atoms with Crippen LogP contribution in [-0.2, 0) is 33.2 Å². The lowest BCUT2D eigenvalue weighted by molar-refractivity contribution is -0.332. The number of unbranched alkanes of at least 4 members (excludes halogenated alkanes) is 14. The molecule has 0 saturated carbocycles. The van der Waals surface area contributed by atoms with Crippen LogP contribution in [0.2, 0.25) is 0 Å². The molecule has 0 aromatic rings. The molecule has 11 atom stereocenters. The number of hydrogen-bond donors (Lipinski definition) is 7. The Morgan fingerprint density at radius 3 is 1.37 bits per heavy atom. The van der Waals surface area contributed by atoms with Crippen molar-refractivity contribution in [3.63, 3.8) is 0 Å². The number of allylic oxidation sites excluding steroid dienone is 14. The van der Waals surface area contributed by atoms with E-state index in [9.17, 15) is 40.5 Å². The first-order chi connectivity index (χ1) is 34.6. The predicted molar refractivity (Wildman–Crippen MR) is 279 cm³/mol. The second-order valence-electron chi connectivity index (χ2n) is 18.6. The molecule has 0 amide bonds. The molecule has 2 rings (SSSR count). The molecule has 71 heavy (non-hydrogen) atoms. The van der Waals surface area contributed by atoms with Crippen molar-refractivity contribution in [1.29, 1.82) is 0 Å². The van der Waals surface area contributed by atoms with Crippen LogP contribution in [0.1, 0.15) is 168 Å². The quantitative estimate of drug-likeness (QED) is 0.0173. The number of hydrogen-bond acceptors (Lipinski definition) is 14. The molecule has 0 aliphatic carbocycles. The first-order valence-corrected chi connectivity index (χ1v) is 27.2. The summed E-state index contributed by atoms with van der Waals surface area (Å²) in [5.41, 5.74) is 0. The summed E-state index contributed by atoms with van der Waals surface area (Å²) in [6.45, 7) is 3.41. The van der Waals surface area contributed by atoms with Crippen LogP contribution < -0.4 is 0 Å². The van der Waals surface area contributed by atoms with Crippen molar-refractivity contribution >= 4 is 5.97 Å². The van der Waals surface area contributed by atoms with Gasteiger partial charge in [0.1, 0.15) is 54.9 Å². The van der Waals surface area contributed by atoms with E-state index in [1.807, 2.05) is 0 Å². The summed E-state index contributed by atoms with van der Waals surface area (Å²) >= 11 is 0. The number of rotatable bonds is 42. The highest BCUT2D eigenvalue weighted by molar-refractivity contribution is 5.69. The van der Waals surface area contributed by atoms with Crippen LogP contribution in [0.4, 0.5) is 0 Å². The van der Waals surface area contributed by atoms with E-state index >= 15 is 0 Å². The number of ether oxygens (including phenoxy) is 6. The summed E-state index contributed by atoms with van der Waals surface area (Å²) in [7, 11) is 0. The summed E-state index contributed by atoms with van der Waals surface area (Å²) in [4.78, 5) is 13.1. The Morgan fingerprint density at radius 1 is 0.465 bits per heavy atom. The van der Waals surface area contributed by atoms with E-state index in [1.54, 1.807) is 0 Å². The maximum atomic E-state index is 13.1. The highest BCUT2D eigenvalue weighted by Gasteiger charge is 2.47. The third kappa shape index (κ3) is 30.8. The van der Waals surface area contributed by atoms with Crippen molar-refractivity contribution in [3.8, 4) is 0 Å². The van der Waals surface area contributed by atoms with Crippen LogP contribution in [0.3, 0.4) is 0 Å². The summed E-state index contributed by atoms with van der Waals surface area (Å²) in [5, 5.41) is 72.2. The lowest BCUT2D eigenvalue weighted by Gasteiger charge is -2.42. The van der Waals surface area contributed by atoms with E-state index < -0.39 is 86.7 Å². The second kappa shape index (κ2) is 43.6. The average molecular weight is 1010 g/mol. The average Bonchev–Trinajstić information content (AvgIpc) is 3.37. The first-order valence-electron chi connectivity index (χ1n) is 27.2. The molecule has 0 radical (unpaired) electrons. The standard InChI is InChI=1S/C57H96O14/c1-3-5-7-9-11-13-15-17-19-21-22-23-24-25-26-28-30-32-34-36-38-40-49(59)69-46(43-66-41-39-37-35-33-31-29-27-20-18-16-14-12-10-8-6-4-2)44-67-56-55(65)53(63)51(61)48(71-56)45-68-57-54(64)52(62)50(60)47(42-58)70-57/h5-8,11-14,17-20,22-23,46-48,50-58,60-65H,3-4,9-10,15-16,21,24-45H2,1-2H3/b7-5-,8-6-,13-11-,14-12-,19-17-,20-18-,23-22-. The van der Waals surface area contributed by atoms with Gasteiger partial charge in [-0.2, -0.15) is 0 Å². The van der Waals surface area contributed by atoms with Gasteiger partial charge in [0.25, 0.3) is 0 Å². The molecule has 14 nitrogen and oxygen atoms in total. The largest absolute Gasteiger partial charge is 0.457 e. The second-order valence-corrected chi connectivity index (χ2v) is 18.6. The van der Waals surface area contributed by atoms with Gasteiger partial charge in [0.05, 0.1) is 26.4 Å². The van der Waals surface area contributed by atoms with E-state index in [2.05, 4.69) is 98.9 Å². The Morgan fingerprint density at radius 2 is 0.873 bits per heavy atom. The molecule has 0 spiro atoms. The minimum absolute atomic E-state index is 0.0443. The number of esters is 1. The van der Waals surface area contributed by atoms with Gasteiger partial charge in [-0.15, -0.1) is 0 Å². The van der Waals surface area contributed by atoms with Gasteiger partial charge >= 0.3 is 5.97 Å². The van der Waals surface area contributed by atoms with Gasteiger partial charge in [0.2, 0.25) is 0 Å². The highest BCUT2D eigenvalue weighted by atomic mass is 16.7. The minimum Gasteiger partial charge on any atom is -0.457 e. The molecule has 11 unspecified atom stereocenters. The zero-order chi connectivity index (χ0) is 51.6. The molecule has 0 aromatic heterocycles. The van der Waals surface area contributed by atoms with E-state index in [1.165, 1.54) is 38.5 Å². The van der Waals surface area contributed by atoms with Crippen LogP contribution >= 0.6 is 0 Å². The molecule has 7 N–H and O–H groups in total. The molecule has 14 heteroatoms. The summed E-state index contributed by atoms with van der Waals surface area (Å²) in [6.07, 6.45) is 39.2. The molecule has 2 heterocycles. The SMILES string of the molecule is CC/C=C\C/C=C\C/C=C\C/C=C\CCCCCCCCCCC(=O)OC(COCCCCCCCC/C=C\C/C=C\C/C=C\CC)COC1OC(COC2OC(CO)C(O)C(O)C2O)C(O)C(O)C1O. The zero-order valence-electron chi connectivity index (χ0n) is 43.4. The molecule has 2 saturated heterocycles. The highest BCUT2D eigenvalue weighted by Crippen LogP contribution is 2.26. The van der Waals surface area contributed by atoms with Crippen LogP contribution in [0.5, 0.6) is 0 Å². The van der Waals surface area contributed by atoms with Crippen molar-refractivity contribution in [2.75, 3.05) is 33.0 Å². The van der Waals surface area contributed by atoms with Crippen molar-refractivity contribution in [2.24, 2.45) is 0 Å². The number of aliphatic hydroxyl groups is 7. The molecule has 2 fully saturated rings. The van der Waals surface area contributed by atoms with E-state index in [4.69, 9.17) is 28.4 Å². The van der Waals surface area contributed by atoms with Gasteiger partial charge in [-0.05, 0) is 83.5 Å². The van der Waals surface area contributed by atoms with Gasteiger partial charge in [-0.3, -0.25) is 4.79 Å². The van der Waals surface area contributed by atoms with Crippen LogP contribution in [-0.4, -0.2) is 142 Å². The summed E-state index contributed by atoms with van der Waals surface area (Å²) < 4.78 is 34.3. The Bertz CT molecular complexity index is 1490. The van der Waals surface area contributed by atoms with Crippen molar-refractivity contribution in [1.82, 2.24) is 0 Å². The number of carbonyl (C=O) groups excluding carboxylic acids is 1. The fourth-order valence-corrected chi connectivity index (χ4v) is 8.05. The van der Waals surface area contributed by atoms with Gasteiger partial charge in [0.15, 0.2) is 12.6 Å². The third-order valence-electron chi connectivity index (χ3n) is 12.4. The van der Waals surface area contributed by atoms with Crippen LogP contribution in [0.25, 0.3) is 0 Å². The lowest BCUT2D eigenvalue weighted by Crippen LogP contribution is -2.61.